The van der Waals surface area contributed by atoms with E-state index in [1.165, 1.54) is 31.2 Å². The predicted molar refractivity (Wildman–Crippen MR) is 155 cm³/mol. The number of thiophene rings is 1. The number of rotatable bonds is 9. The molecule has 2 fully saturated rings. The topological polar surface area (TPSA) is 65.6 Å². The van der Waals surface area contributed by atoms with E-state index >= 15 is 0 Å². The van der Waals surface area contributed by atoms with Crippen molar-refractivity contribution in [3.8, 4) is 17.6 Å². The van der Waals surface area contributed by atoms with Crippen molar-refractivity contribution >= 4 is 38.7 Å². The molecule has 5 rings (SSSR count). The number of amides is 1. The number of alkyl halides is 4. The fourth-order valence-corrected chi connectivity index (χ4v) is 6.44. The van der Waals surface area contributed by atoms with Crippen LogP contribution in [0.15, 0.2) is 30.3 Å². The number of hydrogen-bond donors (Lipinski definition) is 3. The molecule has 0 spiro atoms. The highest BCUT2D eigenvalue weighted by Crippen LogP contribution is 2.40. The first kappa shape index (κ1) is 29.9. The number of nitrogens with one attached hydrogen (secondary N) is 3. The largest absolute Gasteiger partial charge is 0.461 e. The van der Waals surface area contributed by atoms with Crippen LogP contribution >= 0.6 is 11.3 Å². The smallest absolute Gasteiger partial charge is 0.393 e. The van der Waals surface area contributed by atoms with E-state index in [1.54, 1.807) is 12.1 Å². The molecule has 1 amide bonds. The van der Waals surface area contributed by atoms with Crippen LogP contribution < -0.4 is 20.7 Å². The number of likely N-dealkylation sites (tertiary alicyclic amines) is 1. The van der Waals surface area contributed by atoms with Gasteiger partial charge in [-0.15, -0.1) is 11.3 Å². The Bertz CT molecular complexity index is 1500. The molecule has 1 aliphatic heterocycles. The second-order valence-electron chi connectivity index (χ2n) is 10.4. The third kappa shape index (κ3) is 7.07. The van der Waals surface area contributed by atoms with Crippen molar-refractivity contribution in [2.24, 2.45) is 0 Å². The number of piperidine rings is 1. The van der Waals surface area contributed by atoms with Crippen LogP contribution in [-0.2, 0) is 6.42 Å². The third-order valence-electron chi connectivity index (χ3n) is 7.47. The molecule has 1 saturated heterocycles. The number of benzene rings is 2. The molecule has 0 atom stereocenters. The third-order valence-corrected chi connectivity index (χ3v) is 8.66. The fourth-order valence-electron chi connectivity index (χ4n) is 5.27. The Morgan fingerprint density at radius 2 is 1.90 bits per heavy atom. The van der Waals surface area contributed by atoms with E-state index < -0.39 is 31.2 Å². The molecule has 224 valence electrons. The first-order chi connectivity index (χ1) is 20.2. The van der Waals surface area contributed by atoms with Gasteiger partial charge in [0.25, 0.3) is 5.91 Å². The zero-order chi connectivity index (χ0) is 29.9. The van der Waals surface area contributed by atoms with E-state index in [1.807, 2.05) is 6.07 Å². The summed E-state index contributed by atoms with van der Waals surface area (Å²) in [4.78, 5) is 14.7. The van der Waals surface area contributed by atoms with E-state index in [4.69, 9.17) is 4.74 Å². The summed E-state index contributed by atoms with van der Waals surface area (Å²) in [7, 11) is 1.33. The lowest BCUT2D eigenvalue weighted by Gasteiger charge is -2.33. The Balaban J connectivity index is 1.36. The highest BCUT2D eigenvalue weighted by Gasteiger charge is 2.33. The van der Waals surface area contributed by atoms with Gasteiger partial charge in [-0.1, -0.05) is 24.0 Å². The quantitative estimate of drug-likeness (QED) is 0.197. The maximum Gasteiger partial charge on any atom is 0.393 e. The summed E-state index contributed by atoms with van der Waals surface area (Å²) in [6.45, 7) is 0.730. The van der Waals surface area contributed by atoms with Crippen LogP contribution in [0.3, 0.4) is 0 Å². The summed E-state index contributed by atoms with van der Waals surface area (Å²) >= 11 is 1.21. The van der Waals surface area contributed by atoms with Gasteiger partial charge >= 0.3 is 6.18 Å². The molecule has 3 N–H and O–H groups in total. The standard InChI is InChI=1S/C30H31F5N4O2S/c1-36-29(40)21-14-26(41-17-31)25(15-23(21)32)37-11-3-6-27-22(16-30(33,34)35)20-4-2-5-24(28(20)42-27)38-18-9-12-39(13-10-18)19-7-8-19/h2,4-5,14-15,18-19,37-38H,7-13,16-17H2,1H3,(H,36,40). The van der Waals surface area contributed by atoms with Gasteiger partial charge in [0.1, 0.15) is 11.6 Å². The molecule has 2 heterocycles. The van der Waals surface area contributed by atoms with Crippen LogP contribution in [-0.4, -0.2) is 62.6 Å². The zero-order valence-electron chi connectivity index (χ0n) is 23.0. The lowest BCUT2D eigenvalue weighted by atomic mass is 10.0. The highest BCUT2D eigenvalue weighted by molar-refractivity contribution is 7.20. The number of hydrogen-bond acceptors (Lipinski definition) is 6. The maximum atomic E-state index is 14.5. The van der Waals surface area contributed by atoms with E-state index in [-0.39, 0.29) is 35.2 Å². The molecule has 0 bridgehead atoms. The van der Waals surface area contributed by atoms with Gasteiger partial charge < -0.3 is 25.6 Å². The van der Waals surface area contributed by atoms with E-state index in [0.717, 1.165) is 54.5 Å². The van der Waals surface area contributed by atoms with Crippen LogP contribution in [0.5, 0.6) is 5.75 Å². The number of halogens is 5. The van der Waals surface area contributed by atoms with Gasteiger partial charge in [-0.05, 0) is 48.8 Å². The molecule has 1 aromatic heterocycles. The van der Waals surface area contributed by atoms with Crippen molar-refractivity contribution in [3.63, 3.8) is 0 Å². The first-order valence-electron chi connectivity index (χ1n) is 13.8. The summed E-state index contributed by atoms with van der Waals surface area (Å²) in [5.74, 6) is 4.00. The molecular formula is C30H31F5N4O2S. The normalized spacial score (nSPS) is 16.1. The molecule has 0 unspecified atom stereocenters. The van der Waals surface area contributed by atoms with E-state index in [9.17, 15) is 26.7 Å². The molecule has 2 aromatic carbocycles. The fraction of sp³-hybridized carbons (Fsp3) is 0.433. The minimum Gasteiger partial charge on any atom is -0.461 e. The molecule has 1 saturated carbocycles. The van der Waals surface area contributed by atoms with Crippen LogP contribution in [0.1, 0.15) is 46.5 Å². The molecule has 3 aromatic rings. The van der Waals surface area contributed by atoms with Crippen molar-refractivity contribution in [1.29, 1.82) is 0 Å². The summed E-state index contributed by atoms with van der Waals surface area (Å²) in [6.07, 6.45) is -1.06. The minimum absolute atomic E-state index is 0.0539. The number of nitrogens with zero attached hydrogens (tertiary/aromatic N) is 1. The van der Waals surface area contributed by atoms with Crippen molar-refractivity contribution in [2.75, 3.05) is 44.2 Å². The number of ether oxygens (including phenoxy) is 1. The first-order valence-corrected chi connectivity index (χ1v) is 14.6. The second-order valence-corrected chi connectivity index (χ2v) is 11.4. The van der Waals surface area contributed by atoms with Gasteiger partial charge in [0.15, 0.2) is 0 Å². The Morgan fingerprint density at radius 1 is 1.14 bits per heavy atom. The lowest BCUT2D eigenvalue weighted by molar-refractivity contribution is -0.126. The molecule has 6 nitrogen and oxygen atoms in total. The Kier molecular flexibility index (Phi) is 9.08. The molecule has 1 aliphatic carbocycles. The van der Waals surface area contributed by atoms with E-state index in [2.05, 4.69) is 32.7 Å². The zero-order valence-corrected chi connectivity index (χ0v) is 23.8. The summed E-state index contributed by atoms with van der Waals surface area (Å²) < 4.78 is 73.8. The summed E-state index contributed by atoms with van der Waals surface area (Å²) in [5.41, 5.74) is 0.650. The van der Waals surface area contributed by atoms with Crippen molar-refractivity contribution < 1.29 is 31.5 Å². The number of anilines is 2. The Hall–Kier alpha value is -3.56. The van der Waals surface area contributed by atoms with Gasteiger partial charge in [0.2, 0.25) is 6.86 Å². The van der Waals surface area contributed by atoms with Gasteiger partial charge in [-0.2, -0.15) is 13.2 Å². The second kappa shape index (κ2) is 12.8. The van der Waals surface area contributed by atoms with Crippen LogP contribution in [0.2, 0.25) is 0 Å². The van der Waals surface area contributed by atoms with Crippen LogP contribution in [0.4, 0.5) is 33.3 Å². The minimum atomic E-state index is -4.43. The van der Waals surface area contributed by atoms with Gasteiger partial charge in [-0.25, -0.2) is 8.78 Å². The summed E-state index contributed by atoms with van der Waals surface area (Å²) in [6, 6.07) is 8.36. The van der Waals surface area contributed by atoms with E-state index in [0.29, 0.717) is 10.3 Å². The molecule has 0 radical (unpaired) electrons. The SMILES string of the molecule is CNC(=O)c1cc(OCF)c(NCC#Cc2sc3c(NC4CCN(C5CC5)CC4)cccc3c2CC(F)(F)F)cc1F. The predicted octanol–water partition coefficient (Wildman–Crippen LogP) is 6.31. The van der Waals surface area contributed by atoms with Crippen molar-refractivity contribution in [3.05, 3.63) is 52.2 Å². The molecule has 12 heteroatoms. The Labute approximate surface area is 244 Å². The number of carbonyl (C=O) groups excluding carboxylic acids is 1. The number of fused-ring (bicyclic) bond motifs is 1. The average Bonchev–Trinajstić information content (AvgIpc) is 3.75. The van der Waals surface area contributed by atoms with Crippen LogP contribution in [0, 0.1) is 17.7 Å². The van der Waals surface area contributed by atoms with Crippen molar-refractivity contribution in [2.45, 2.75) is 50.4 Å². The summed E-state index contributed by atoms with van der Waals surface area (Å²) in [5, 5.41) is 9.18. The van der Waals surface area contributed by atoms with Gasteiger partial charge in [0.05, 0.1) is 39.5 Å². The highest BCUT2D eigenvalue weighted by atomic mass is 32.1. The van der Waals surface area contributed by atoms with Gasteiger partial charge in [-0.3, -0.25) is 4.79 Å². The average molecular weight is 607 g/mol. The lowest BCUT2D eigenvalue weighted by Crippen LogP contribution is -2.40. The number of carbonyl (C=O) groups is 1. The van der Waals surface area contributed by atoms with Crippen molar-refractivity contribution in [1.82, 2.24) is 10.2 Å². The maximum absolute atomic E-state index is 14.5. The monoisotopic (exact) mass is 606 g/mol. The molecule has 2 aliphatic rings. The Morgan fingerprint density at radius 3 is 2.57 bits per heavy atom. The molecule has 42 heavy (non-hydrogen) atoms. The van der Waals surface area contributed by atoms with Gasteiger partial charge in [0, 0.05) is 38.3 Å². The van der Waals surface area contributed by atoms with Crippen LogP contribution in [0.25, 0.3) is 10.1 Å². The molecular weight excluding hydrogens is 575 g/mol.